The normalized spacial score (nSPS) is 13.3. The zero-order valence-corrected chi connectivity index (χ0v) is 13.4. The van der Waals surface area contributed by atoms with E-state index in [0.717, 1.165) is 17.0 Å². The first kappa shape index (κ1) is 15.9. The lowest BCUT2D eigenvalue weighted by Gasteiger charge is -2.14. The van der Waals surface area contributed by atoms with Crippen molar-refractivity contribution in [3.05, 3.63) is 45.9 Å². The summed E-state index contributed by atoms with van der Waals surface area (Å²) in [6, 6.07) is 6.96. The van der Waals surface area contributed by atoms with Gasteiger partial charge in [-0.05, 0) is 50.6 Å². The molecule has 2 aromatic rings. The second-order valence-electron chi connectivity index (χ2n) is 4.92. The predicted octanol–water partition coefficient (Wildman–Crippen LogP) is 2.69. The first-order valence-electron chi connectivity index (χ1n) is 6.40. The highest BCUT2D eigenvalue weighted by molar-refractivity contribution is 7.89. The van der Waals surface area contributed by atoms with Crippen molar-refractivity contribution in [1.29, 1.82) is 0 Å². The van der Waals surface area contributed by atoms with E-state index in [1.807, 2.05) is 19.1 Å². The number of halogens is 1. The number of sulfonamides is 1. The number of rotatable bonds is 5. The van der Waals surface area contributed by atoms with Gasteiger partial charge in [-0.3, -0.25) is 0 Å². The highest BCUT2D eigenvalue weighted by Crippen LogP contribution is 2.21. The van der Waals surface area contributed by atoms with Gasteiger partial charge in [0.2, 0.25) is 10.0 Å². The van der Waals surface area contributed by atoms with E-state index in [9.17, 15) is 12.8 Å². The summed E-state index contributed by atoms with van der Waals surface area (Å²) in [6.45, 7) is 3.76. The fraction of sp³-hybridized carbons (Fsp3) is 0.286. The lowest BCUT2D eigenvalue weighted by molar-refractivity contribution is 0.558. The summed E-state index contributed by atoms with van der Waals surface area (Å²) < 4.78 is 40.3. The molecule has 0 saturated heterocycles. The summed E-state index contributed by atoms with van der Waals surface area (Å²) in [5.74, 6) is -0.633. The van der Waals surface area contributed by atoms with Gasteiger partial charge in [0.15, 0.2) is 0 Å². The molecule has 0 bridgehead atoms. The third kappa shape index (κ3) is 4.03. The van der Waals surface area contributed by atoms with Gasteiger partial charge in [0.05, 0.1) is 5.69 Å². The van der Waals surface area contributed by atoms with Crippen LogP contribution >= 0.6 is 11.3 Å². The quantitative estimate of drug-likeness (QED) is 0.829. The Hall–Kier alpha value is -1.44. The minimum absolute atomic E-state index is 0.0306. The van der Waals surface area contributed by atoms with E-state index in [1.54, 1.807) is 18.3 Å². The number of nitrogens with one attached hydrogen (secondary N) is 1. The van der Waals surface area contributed by atoms with Crippen LogP contribution in [-0.4, -0.2) is 14.5 Å². The Bertz CT molecular complexity index is 741. The Morgan fingerprint density at radius 2 is 2.05 bits per heavy atom. The number of benzene rings is 1. The van der Waals surface area contributed by atoms with E-state index in [2.05, 4.69) is 4.72 Å². The predicted molar refractivity (Wildman–Crippen MR) is 83.4 cm³/mol. The number of anilines is 1. The summed E-state index contributed by atoms with van der Waals surface area (Å²) in [5.41, 5.74) is 5.65. The Labute approximate surface area is 127 Å². The molecule has 0 aliphatic carbocycles. The monoisotopic (exact) mass is 328 g/mol. The molecular weight excluding hydrogens is 311 g/mol. The largest absolute Gasteiger partial charge is 0.398 e. The molecule has 3 N–H and O–H groups in total. The van der Waals surface area contributed by atoms with E-state index in [4.69, 9.17) is 5.73 Å². The third-order valence-electron chi connectivity index (χ3n) is 2.92. The van der Waals surface area contributed by atoms with Crippen molar-refractivity contribution >= 4 is 27.0 Å². The van der Waals surface area contributed by atoms with Crippen LogP contribution in [0.4, 0.5) is 10.1 Å². The van der Waals surface area contributed by atoms with Gasteiger partial charge >= 0.3 is 0 Å². The van der Waals surface area contributed by atoms with Crippen LogP contribution in [0.1, 0.15) is 16.7 Å². The van der Waals surface area contributed by atoms with Crippen molar-refractivity contribution in [3.8, 4) is 0 Å². The first-order valence-corrected chi connectivity index (χ1v) is 8.70. The summed E-state index contributed by atoms with van der Waals surface area (Å²) in [7, 11) is -3.84. The maximum absolute atomic E-state index is 13.2. The van der Waals surface area contributed by atoms with Crippen LogP contribution in [0.25, 0.3) is 0 Å². The smallest absolute Gasteiger partial charge is 0.242 e. The van der Waals surface area contributed by atoms with Crippen LogP contribution in [0.2, 0.25) is 0 Å². The minimum Gasteiger partial charge on any atom is -0.398 e. The van der Waals surface area contributed by atoms with E-state index < -0.39 is 15.8 Å². The molecule has 0 amide bonds. The highest BCUT2D eigenvalue weighted by Gasteiger charge is 2.21. The molecule has 114 valence electrons. The number of thiophene rings is 1. The number of hydrogen-bond donors (Lipinski definition) is 2. The number of aryl methyl sites for hydroxylation is 1. The minimum atomic E-state index is -3.84. The van der Waals surface area contributed by atoms with Gasteiger partial charge in [0, 0.05) is 15.8 Å². The zero-order chi connectivity index (χ0) is 15.6. The van der Waals surface area contributed by atoms with Crippen LogP contribution in [0, 0.1) is 12.7 Å². The highest BCUT2D eigenvalue weighted by atomic mass is 32.2. The molecule has 1 heterocycles. The Morgan fingerprint density at radius 3 is 2.67 bits per heavy atom. The average molecular weight is 328 g/mol. The molecule has 1 aromatic carbocycles. The Morgan fingerprint density at radius 1 is 1.33 bits per heavy atom. The Kier molecular flexibility index (Phi) is 4.65. The molecule has 1 aromatic heterocycles. The van der Waals surface area contributed by atoms with Crippen molar-refractivity contribution in [2.45, 2.75) is 31.2 Å². The van der Waals surface area contributed by atoms with Crippen molar-refractivity contribution in [2.75, 3.05) is 5.73 Å². The van der Waals surface area contributed by atoms with Crippen LogP contribution in [0.15, 0.2) is 35.2 Å². The van der Waals surface area contributed by atoms with Crippen molar-refractivity contribution in [2.24, 2.45) is 0 Å². The summed E-state index contributed by atoms with van der Waals surface area (Å²) in [6.07, 6.45) is 0.576. The molecule has 1 atom stereocenters. The lowest BCUT2D eigenvalue weighted by atomic mass is 10.2. The van der Waals surface area contributed by atoms with Crippen LogP contribution < -0.4 is 10.5 Å². The SMILES string of the molecule is Cc1ccc(CC(C)NS(=O)(=O)c2cc(F)ccc2N)s1. The maximum atomic E-state index is 13.2. The Balaban J connectivity index is 2.15. The molecule has 0 saturated carbocycles. The van der Waals surface area contributed by atoms with Crippen LogP contribution in [-0.2, 0) is 16.4 Å². The molecule has 4 nitrogen and oxygen atoms in total. The average Bonchev–Trinajstić information content (AvgIpc) is 2.76. The first-order chi connectivity index (χ1) is 9.78. The molecule has 0 spiro atoms. The van der Waals surface area contributed by atoms with E-state index in [-0.39, 0.29) is 16.6 Å². The molecule has 0 aliphatic heterocycles. The number of nitrogens with two attached hydrogens (primary N) is 1. The topological polar surface area (TPSA) is 72.2 Å². The maximum Gasteiger partial charge on any atom is 0.242 e. The standard InChI is InChI=1S/C14H17FN2O2S2/c1-9(7-12-5-3-10(2)20-12)17-21(18,19)14-8-11(15)4-6-13(14)16/h3-6,8-9,17H,7,16H2,1-2H3. The second-order valence-corrected chi connectivity index (χ2v) is 7.98. The van der Waals surface area contributed by atoms with Gasteiger partial charge in [0.1, 0.15) is 10.7 Å². The molecule has 1 unspecified atom stereocenters. The van der Waals surface area contributed by atoms with Gasteiger partial charge in [-0.1, -0.05) is 0 Å². The molecule has 7 heteroatoms. The lowest BCUT2D eigenvalue weighted by Crippen LogP contribution is -2.34. The van der Waals surface area contributed by atoms with E-state index in [1.165, 1.54) is 10.9 Å². The van der Waals surface area contributed by atoms with Crippen molar-refractivity contribution in [1.82, 2.24) is 4.72 Å². The van der Waals surface area contributed by atoms with E-state index in [0.29, 0.717) is 6.42 Å². The fourth-order valence-corrected chi connectivity index (χ4v) is 4.41. The second kappa shape index (κ2) is 6.13. The molecule has 2 rings (SSSR count). The van der Waals surface area contributed by atoms with Gasteiger partial charge in [-0.25, -0.2) is 17.5 Å². The number of hydrogen-bond acceptors (Lipinski definition) is 4. The summed E-state index contributed by atoms with van der Waals surface area (Å²) >= 11 is 1.62. The summed E-state index contributed by atoms with van der Waals surface area (Å²) in [4.78, 5) is 2.04. The van der Waals surface area contributed by atoms with Crippen LogP contribution in [0.5, 0.6) is 0 Å². The molecule has 0 aliphatic rings. The third-order valence-corrected chi connectivity index (χ3v) is 5.59. The van der Waals surface area contributed by atoms with Crippen molar-refractivity contribution in [3.63, 3.8) is 0 Å². The molecule has 21 heavy (non-hydrogen) atoms. The van der Waals surface area contributed by atoms with E-state index >= 15 is 0 Å². The molecule has 0 fully saturated rings. The fourth-order valence-electron chi connectivity index (χ4n) is 2.01. The van der Waals surface area contributed by atoms with Gasteiger partial charge in [-0.15, -0.1) is 11.3 Å². The molecular formula is C14H17FN2O2S2. The zero-order valence-electron chi connectivity index (χ0n) is 11.8. The van der Waals surface area contributed by atoms with Gasteiger partial charge in [0.25, 0.3) is 0 Å². The van der Waals surface area contributed by atoms with Crippen LogP contribution in [0.3, 0.4) is 0 Å². The van der Waals surface area contributed by atoms with Crippen molar-refractivity contribution < 1.29 is 12.8 Å². The van der Waals surface area contributed by atoms with Gasteiger partial charge < -0.3 is 5.73 Å². The van der Waals surface area contributed by atoms with Gasteiger partial charge in [-0.2, -0.15) is 0 Å². The summed E-state index contributed by atoms with van der Waals surface area (Å²) in [5, 5.41) is 0. The molecule has 0 radical (unpaired) electrons. The number of nitrogen functional groups attached to an aromatic ring is 1.